The number of rotatable bonds is 8. The lowest BCUT2D eigenvalue weighted by Gasteiger charge is -2.15. The Morgan fingerprint density at radius 3 is 2.60 bits per heavy atom. The predicted octanol–water partition coefficient (Wildman–Crippen LogP) is 2.98. The van der Waals surface area contributed by atoms with Gasteiger partial charge in [0, 0.05) is 23.3 Å². The Morgan fingerprint density at radius 1 is 1.27 bits per heavy atom. The van der Waals surface area contributed by atoms with E-state index < -0.39 is 11.9 Å². The first-order valence-electron chi connectivity index (χ1n) is 9.01. The molecule has 9 heteroatoms. The van der Waals surface area contributed by atoms with E-state index in [4.69, 9.17) is 15.2 Å². The lowest BCUT2D eigenvalue weighted by Crippen LogP contribution is -2.07. The van der Waals surface area contributed by atoms with Crippen LogP contribution in [0, 0.1) is 0 Å². The van der Waals surface area contributed by atoms with Gasteiger partial charge < -0.3 is 25.6 Å². The molecule has 3 rings (SSSR count). The van der Waals surface area contributed by atoms with Gasteiger partial charge in [0.05, 0.1) is 19.4 Å². The molecule has 0 aliphatic heterocycles. The lowest BCUT2D eigenvalue weighted by molar-refractivity contribution is -0.113. The molecule has 0 spiro atoms. The van der Waals surface area contributed by atoms with Gasteiger partial charge in [-0.2, -0.15) is 0 Å². The van der Waals surface area contributed by atoms with Crippen LogP contribution in [-0.4, -0.2) is 40.7 Å². The van der Waals surface area contributed by atoms with Crippen molar-refractivity contribution < 1.29 is 24.2 Å². The summed E-state index contributed by atoms with van der Waals surface area (Å²) >= 11 is 0. The summed E-state index contributed by atoms with van der Waals surface area (Å²) in [5.41, 5.74) is 6.75. The molecule has 0 bridgehead atoms. The number of hydrogen-bond donors (Lipinski definition) is 3. The van der Waals surface area contributed by atoms with Crippen molar-refractivity contribution in [1.29, 1.82) is 0 Å². The molecule has 1 aromatic carbocycles. The number of carboxylic acids is 1. The van der Waals surface area contributed by atoms with Crippen molar-refractivity contribution in [3.8, 4) is 11.5 Å². The second kappa shape index (κ2) is 8.91. The van der Waals surface area contributed by atoms with Crippen molar-refractivity contribution in [2.75, 3.05) is 19.0 Å². The molecule has 0 fully saturated rings. The number of anilines is 2. The van der Waals surface area contributed by atoms with Crippen LogP contribution in [0.4, 0.5) is 11.4 Å². The second-order valence-corrected chi connectivity index (χ2v) is 6.12. The van der Waals surface area contributed by atoms with Crippen LogP contribution in [0.5, 0.6) is 11.5 Å². The molecule has 2 aromatic heterocycles. The monoisotopic (exact) mass is 408 g/mol. The Hall–Kier alpha value is -4.14. The minimum Gasteiger partial charge on any atom is -0.497 e. The smallest absolute Gasteiger partial charge is 0.339 e. The van der Waals surface area contributed by atoms with E-state index in [1.807, 2.05) is 0 Å². The standard InChI is InChI=1S/C21H20N4O5/c1-3-30-17-10-14-19(24-12-4-6-13(29-2)7-5-12)15(21(27)28)11-23-20(14)25-16(17)8-9-18(22)26/h4-11H,3H2,1-2H3,(H2,22,26)(H,27,28)(H,23,24,25). The van der Waals surface area contributed by atoms with Crippen molar-refractivity contribution in [1.82, 2.24) is 9.97 Å². The predicted molar refractivity (Wildman–Crippen MR) is 112 cm³/mol. The van der Waals surface area contributed by atoms with Crippen molar-refractivity contribution in [3.05, 3.63) is 53.9 Å². The van der Waals surface area contributed by atoms with E-state index >= 15 is 0 Å². The molecular weight excluding hydrogens is 388 g/mol. The highest BCUT2D eigenvalue weighted by Crippen LogP contribution is 2.33. The van der Waals surface area contributed by atoms with E-state index in [0.29, 0.717) is 40.6 Å². The third-order valence-corrected chi connectivity index (χ3v) is 4.14. The third-order valence-electron chi connectivity index (χ3n) is 4.14. The SMILES string of the molecule is CCOc1cc2c(Nc3ccc(OC)cc3)c(C(=O)O)cnc2nc1C=CC(N)=O. The summed E-state index contributed by atoms with van der Waals surface area (Å²) in [6, 6.07) is 8.67. The second-order valence-electron chi connectivity index (χ2n) is 6.12. The van der Waals surface area contributed by atoms with Gasteiger partial charge in [-0.25, -0.2) is 14.8 Å². The van der Waals surface area contributed by atoms with Gasteiger partial charge in [-0.05, 0) is 43.3 Å². The number of amides is 1. The fourth-order valence-electron chi connectivity index (χ4n) is 2.78. The molecule has 1 amide bonds. The van der Waals surface area contributed by atoms with Crippen LogP contribution in [0.2, 0.25) is 0 Å². The van der Waals surface area contributed by atoms with Crippen molar-refractivity contribution in [3.63, 3.8) is 0 Å². The van der Waals surface area contributed by atoms with Crippen LogP contribution >= 0.6 is 0 Å². The Bertz CT molecular complexity index is 1130. The van der Waals surface area contributed by atoms with E-state index in [2.05, 4.69) is 15.3 Å². The summed E-state index contributed by atoms with van der Waals surface area (Å²) in [5.74, 6) is -0.735. The minimum absolute atomic E-state index is 0.0250. The molecule has 2 heterocycles. The highest BCUT2D eigenvalue weighted by atomic mass is 16.5. The number of benzene rings is 1. The molecule has 3 aromatic rings. The molecular formula is C21H20N4O5. The van der Waals surface area contributed by atoms with Crippen LogP contribution in [0.1, 0.15) is 23.0 Å². The van der Waals surface area contributed by atoms with Gasteiger partial charge in [-0.1, -0.05) is 0 Å². The average Bonchev–Trinajstić information content (AvgIpc) is 2.73. The van der Waals surface area contributed by atoms with Crippen LogP contribution in [0.25, 0.3) is 17.1 Å². The van der Waals surface area contributed by atoms with Crippen LogP contribution in [-0.2, 0) is 4.79 Å². The average molecular weight is 408 g/mol. The molecule has 0 unspecified atom stereocenters. The molecule has 154 valence electrons. The topological polar surface area (TPSA) is 137 Å². The number of fused-ring (bicyclic) bond motifs is 1. The van der Waals surface area contributed by atoms with Gasteiger partial charge >= 0.3 is 5.97 Å². The molecule has 0 saturated heterocycles. The number of aromatic carboxylic acids is 1. The number of nitrogens with zero attached hydrogens (tertiary/aromatic N) is 2. The largest absolute Gasteiger partial charge is 0.497 e. The van der Waals surface area contributed by atoms with Gasteiger partial charge in [0.15, 0.2) is 5.65 Å². The molecule has 0 aliphatic carbocycles. The maximum Gasteiger partial charge on any atom is 0.339 e. The van der Waals surface area contributed by atoms with E-state index in [1.165, 1.54) is 18.3 Å². The number of nitrogens with one attached hydrogen (secondary N) is 1. The molecule has 0 aliphatic rings. The van der Waals surface area contributed by atoms with Gasteiger partial charge in [-0.3, -0.25) is 4.79 Å². The number of carbonyl (C=O) groups is 2. The maximum atomic E-state index is 11.8. The van der Waals surface area contributed by atoms with Gasteiger partial charge in [0.25, 0.3) is 0 Å². The number of carboxylic acid groups (broad SMARTS) is 1. The number of primary amides is 1. The first-order chi connectivity index (χ1) is 14.4. The fraction of sp³-hybridized carbons (Fsp3) is 0.143. The quantitative estimate of drug-likeness (QED) is 0.484. The van der Waals surface area contributed by atoms with Crippen LogP contribution < -0.4 is 20.5 Å². The highest BCUT2D eigenvalue weighted by molar-refractivity contribution is 6.05. The summed E-state index contributed by atoms with van der Waals surface area (Å²) in [5, 5.41) is 13.2. The zero-order valence-electron chi connectivity index (χ0n) is 16.4. The van der Waals surface area contributed by atoms with Crippen LogP contribution in [0.15, 0.2) is 42.6 Å². The van der Waals surface area contributed by atoms with E-state index in [1.54, 1.807) is 44.4 Å². The Labute approximate surface area is 172 Å². The van der Waals surface area contributed by atoms with E-state index in [0.717, 1.165) is 0 Å². The van der Waals surface area contributed by atoms with E-state index in [9.17, 15) is 14.7 Å². The number of aromatic nitrogens is 2. The number of ether oxygens (including phenoxy) is 2. The zero-order chi connectivity index (χ0) is 21.7. The van der Waals surface area contributed by atoms with Gasteiger partial charge in [0.1, 0.15) is 22.8 Å². The summed E-state index contributed by atoms with van der Waals surface area (Å²) in [6.07, 6.45) is 3.82. The van der Waals surface area contributed by atoms with Crippen molar-refractivity contribution in [2.45, 2.75) is 6.92 Å². The minimum atomic E-state index is -1.14. The lowest BCUT2D eigenvalue weighted by atomic mass is 10.1. The first-order valence-corrected chi connectivity index (χ1v) is 9.01. The Kier molecular flexibility index (Phi) is 6.11. The van der Waals surface area contributed by atoms with Gasteiger partial charge in [0.2, 0.25) is 5.91 Å². The first kappa shape index (κ1) is 20.6. The van der Waals surface area contributed by atoms with E-state index in [-0.39, 0.29) is 11.2 Å². The molecule has 0 saturated carbocycles. The normalized spacial score (nSPS) is 10.9. The molecule has 4 N–H and O–H groups in total. The molecule has 0 atom stereocenters. The summed E-state index contributed by atoms with van der Waals surface area (Å²) in [7, 11) is 1.56. The van der Waals surface area contributed by atoms with Crippen LogP contribution in [0.3, 0.4) is 0 Å². The molecule has 30 heavy (non-hydrogen) atoms. The molecule has 0 radical (unpaired) electrons. The van der Waals surface area contributed by atoms with Crippen molar-refractivity contribution in [2.24, 2.45) is 5.73 Å². The molecule has 9 nitrogen and oxygen atoms in total. The Morgan fingerprint density at radius 2 is 2.00 bits per heavy atom. The van der Waals surface area contributed by atoms with Crippen molar-refractivity contribution >= 4 is 40.4 Å². The summed E-state index contributed by atoms with van der Waals surface area (Å²) in [4.78, 5) is 31.5. The highest BCUT2D eigenvalue weighted by Gasteiger charge is 2.18. The van der Waals surface area contributed by atoms with Gasteiger partial charge in [-0.15, -0.1) is 0 Å². The number of hydrogen-bond acceptors (Lipinski definition) is 7. The number of pyridine rings is 2. The maximum absolute atomic E-state index is 11.8. The Balaban J connectivity index is 2.18. The summed E-state index contributed by atoms with van der Waals surface area (Å²) < 4.78 is 10.8. The third kappa shape index (κ3) is 4.46. The number of carbonyl (C=O) groups excluding carboxylic acids is 1. The zero-order valence-corrected chi connectivity index (χ0v) is 16.4. The number of nitrogens with two attached hydrogens (primary N) is 1. The summed E-state index contributed by atoms with van der Waals surface area (Å²) in [6.45, 7) is 2.14. The fourth-order valence-corrected chi connectivity index (χ4v) is 2.78. The number of methoxy groups -OCH3 is 1.